The molecule has 31 heavy (non-hydrogen) atoms. The van der Waals surface area contributed by atoms with Crippen LogP contribution in [0.1, 0.15) is 36.8 Å². The largest absolute Gasteiger partial charge is 0.387 e. The third kappa shape index (κ3) is 4.88. The highest BCUT2D eigenvalue weighted by Gasteiger charge is 2.44. The van der Waals surface area contributed by atoms with Crippen LogP contribution in [-0.4, -0.2) is 38.5 Å². The molecule has 10 heteroatoms. The van der Waals surface area contributed by atoms with Gasteiger partial charge in [-0.25, -0.2) is 13.8 Å². The summed E-state index contributed by atoms with van der Waals surface area (Å²) in [5, 5.41) is 2.67. The zero-order valence-corrected chi connectivity index (χ0v) is 19.3. The molecule has 0 spiro atoms. The van der Waals surface area contributed by atoms with Crippen molar-refractivity contribution in [2.75, 3.05) is 18.5 Å². The summed E-state index contributed by atoms with van der Waals surface area (Å²) in [6.45, 7) is 5.21. The highest BCUT2D eigenvalue weighted by atomic mass is 35.5. The van der Waals surface area contributed by atoms with E-state index in [4.69, 9.17) is 17.3 Å². The van der Waals surface area contributed by atoms with Crippen LogP contribution in [0.25, 0.3) is 0 Å². The van der Waals surface area contributed by atoms with Crippen LogP contribution in [0, 0.1) is 5.82 Å². The molecule has 0 bridgehead atoms. The standard InChI is InChI=1S/C21H24ClF2N5OSi/c1-20(2)19(25)29-21(3,12-31(20)27-9-8-23)15-10-14(5-6-16(15)24)28-18(30)17-7-4-13(22)11-26-17/h4-7,10-11H,8-9,12H2,1-3H3,(H2,25,29)(H,28,30)/t21-/m0/s1. The summed E-state index contributed by atoms with van der Waals surface area (Å²) in [7, 11) is -1.53. The molecule has 0 saturated heterocycles. The lowest BCUT2D eigenvalue weighted by atomic mass is 9.92. The maximum Gasteiger partial charge on any atom is 0.274 e. The molecule has 2 heterocycles. The number of halogens is 3. The number of anilines is 1. The number of carbonyl (C=O) groups excluding carboxylic acids is 1. The number of amidine groups is 1. The second kappa shape index (κ2) is 8.92. The number of pyridine rings is 1. The minimum Gasteiger partial charge on any atom is -0.387 e. The lowest BCUT2D eigenvalue weighted by Gasteiger charge is -2.39. The fraction of sp³-hybridized carbons (Fsp3) is 0.381. The molecule has 3 N–H and O–H groups in total. The van der Waals surface area contributed by atoms with E-state index in [1.54, 1.807) is 19.1 Å². The van der Waals surface area contributed by atoms with Gasteiger partial charge in [0.25, 0.3) is 5.91 Å². The molecular weight excluding hydrogens is 440 g/mol. The number of carbonyl (C=O) groups is 1. The van der Waals surface area contributed by atoms with Crippen molar-refractivity contribution < 1.29 is 13.6 Å². The number of nitrogens with zero attached hydrogens (tertiary/aromatic N) is 3. The Labute approximate surface area is 186 Å². The van der Waals surface area contributed by atoms with Crippen molar-refractivity contribution in [2.24, 2.45) is 15.4 Å². The van der Waals surface area contributed by atoms with Crippen LogP contribution >= 0.6 is 11.6 Å². The molecule has 1 amide bonds. The fourth-order valence-electron chi connectivity index (χ4n) is 3.45. The average molecular weight is 464 g/mol. The van der Waals surface area contributed by atoms with Gasteiger partial charge >= 0.3 is 0 Å². The molecule has 0 unspecified atom stereocenters. The quantitative estimate of drug-likeness (QED) is 0.628. The molecule has 0 saturated carbocycles. The first-order valence-electron chi connectivity index (χ1n) is 9.75. The molecule has 1 aliphatic heterocycles. The Bertz CT molecular complexity index is 1060. The van der Waals surface area contributed by atoms with E-state index in [9.17, 15) is 13.6 Å². The summed E-state index contributed by atoms with van der Waals surface area (Å²) in [5.41, 5.74) is 6.15. The molecule has 6 nitrogen and oxygen atoms in total. The summed E-state index contributed by atoms with van der Waals surface area (Å²) in [4.78, 5) is 21.1. The van der Waals surface area contributed by atoms with Gasteiger partial charge in [-0.2, -0.15) is 0 Å². The topological polar surface area (TPSA) is 92.7 Å². The minimum atomic E-state index is -1.53. The second-order valence-corrected chi connectivity index (χ2v) is 11.4. The molecule has 1 aromatic carbocycles. The minimum absolute atomic E-state index is 0.0910. The first-order chi connectivity index (χ1) is 14.6. The van der Waals surface area contributed by atoms with E-state index in [0.717, 1.165) is 0 Å². The van der Waals surface area contributed by atoms with Gasteiger partial charge in [0.15, 0.2) is 0 Å². The summed E-state index contributed by atoms with van der Waals surface area (Å²) < 4.78 is 32.2. The Morgan fingerprint density at radius 3 is 2.71 bits per heavy atom. The molecule has 0 fully saturated rings. The van der Waals surface area contributed by atoms with Gasteiger partial charge in [0.1, 0.15) is 32.6 Å². The Hall–Kier alpha value is -2.52. The molecule has 1 aliphatic rings. The average Bonchev–Trinajstić information content (AvgIpc) is 2.71. The van der Waals surface area contributed by atoms with Crippen molar-refractivity contribution in [2.45, 2.75) is 37.4 Å². The monoisotopic (exact) mass is 463 g/mol. The van der Waals surface area contributed by atoms with Crippen LogP contribution in [-0.2, 0) is 5.54 Å². The highest BCUT2D eigenvalue weighted by molar-refractivity contribution is 6.57. The zero-order valence-electron chi connectivity index (χ0n) is 17.5. The van der Waals surface area contributed by atoms with Gasteiger partial charge in [-0.1, -0.05) is 25.4 Å². The van der Waals surface area contributed by atoms with E-state index < -0.39 is 37.6 Å². The van der Waals surface area contributed by atoms with Crippen molar-refractivity contribution in [3.05, 3.63) is 58.6 Å². The van der Waals surface area contributed by atoms with E-state index >= 15 is 0 Å². The number of rotatable bonds is 5. The number of aliphatic imine (C=N–C) groups is 1. The van der Waals surface area contributed by atoms with Crippen molar-refractivity contribution in [3.63, 3.8) is 0 Å². The van der Waals surface area contributed by atoms with Gasteiger partial charge < -0.3 is 15.7 Å². The number of amides is 1. The smallest absolute Gasteiger partial charge is 0.274 e. The van der Waals surface area contributed by atoms with Crippen LogP contribution in [0.3, 0.4) is 0 Å². The zero-order chi connectivity index (χ0) is 22.8. The van der Waals surface area contributed by atoms with Crippen LogP contribution in [0.4, 0.5) is 14.5 Å². The summed E-state index contributed by atoms with van der Waals surface area (Å²) >= 11 is 5.81. The maximum absolute atomic E-state index is 14.9. The van der Waals surface area contributed by atoms with E-state index in [0.29, 0.717) is 28.2 Å². The third-order valence-electron chi connectivity index (χ3n) is 5.39. The molecule has 164 valence electrons. The van der Waals surface area contributed by atoms with E-state index in [-0.39, 0.29) is 12.2 Å². The van der Waals surface area contributed by atoms with Gasteiger partial charge in [-0.3, -0.25) is 9.79 Å². The van der Waals surface area contributed by atoms with Gasteiger partial charge in [0.2, 0.25) is 0 Å². The number of hydrogen-bond donors (Lipinski definition) is 2. The molecular formula is C21H24ClF2N5OSi. The molecule has 3 rings (SSSR count). The molecule has 1 aromatic heterocycles. The number of aromatic nitrogens is 1. The molecule has 0 radical (unpaired) electrons. The van der Waals surface area contributed by atoms with Gasteiger partial charge in [0, 0.05) is 28.5 Å². The maximum atomic E-state index is 14.9. The van der Waals surface area contributed by atoms with Crippen LogP contribution in [0.15, 0.2) is 46.2 Å². The van der Waals surface area contributed by atoms with Gasteiger partial charge in [-0.15, -0.1) is 0 Å². The lowest BCUT2D eigenvalue weighted by molar-refractivity contribution is 0.102. The second-order valence-electron chi connectivity index (χ2n) is 8.10. The number of hydrogen-bond acceptors (Lipinski definition) is 5. The first-order valence-corrected chi connectivity index (χ1v) is 11.8. The highest BCUT2D eigenvalue weighted by Crippen LogP contribution is 2.44. The Morgan fingerprint density at radius 1 is 1.32 bits per heavy atom. The molecule has 0 aliphatic carbocycles. The normalized spacial score (nSPS) is 21.6. The van der Waals surface area contributed by atoms with Crippen LogP contribution in [0.2, 0.25) is 16.1 Å². The van der Waals surface area contributed by atoms with Crippen molar-refractivity contribution >= 4 is 37.6 Å². The Morgan fingerprint density at radius 2 is 2.06 bits per heavy atom. The SMILES string of the molecule is CC1(C)C(N)=N[C@](C)(c2cc(NC(=O)c3ccc(Cl)cn3)ccc2F)C[Si]1=NCCF. The van der Waals surface area contributed by atoms with Crippen molar-refractivity contribution in [3.8, 4) is 0 Å². The molecule has 1 atom stereocenters. The first kappa shape index (κ1) is 23.1. The fourth-order valence-corrected chi connectivity index (χ4v) is 6.14. The van der Waals surface area contributed by atoms with Crippen LogP contribution in [0.5, 0.6) is 0 Å². The third-order valence-corrected chi connectivity index (χ3v) is 8.94. The summed E-state index contributed by atoms with van der Waals surface area (Å²) in [5.74, 6) is -0.542. The van der Waals surface area contributed by atoms with Crippen LogP contribution < -0.4 is 11.1 Å². The van der Waals surface area contributed by atoms with E-state index in [2.05, 4.69) is 19.9 Å². The predicted octanol–water partition coefficient (Wildman–Crippen LogP) is 4.72. The Kier molecular flexibility index (Phi) is 6.66. The van der Waals surface area contributed by atoms with E-state index in [1.165, 1.54) is 24.4 Å². The van der Waals surface area contributed by atoms with Crippen molar-refractivity contribution in [1.82, 2.24) is 4.98 Å². The number of nitrogens with two attached hydrogens (primary N) is 1. The Balaban J connectivity index is 1.96. The van der Waals surface area contributed by atoms with Gasteiger partial charge in [-0.05, 0) is 37.3 Å². The summed E-state index contributed by atoms with van der Waals surface area (Å²) in [6, 6.07) is 7.81. The predicted molar refractivity (Wildman–Crippen MR) is 120 cm³/mol. The number of nitrogens with one attached hydrogen (secondary N) is 1. The number of benzene rings is 1. The summed E-state index contributed by atoms with van der Waals surface area (Å²) in [6.07, 6.45) is 1.37. The number of alkyl halides is 1. The van der Waals surface area contributed by atoms with E-state index in [1.807, 2.05) is 13.8 Å². The van der Waals surface area contributed by atoms with Gasteiger partial charge in [0.05, 0.1) is 17.1 Å². The van der Waals surface area contributed by atoms with Crippen molar-refractivity contribution in [1.29, 1.82) is 0 Å². The lowest BCUT2D eigenvalue weighted by Crippen LogP contribution is -2.45. The molecule has 2 aromatic rings.